The number of hydrogen-bond donors (Lipinski definition) is 0. The monoisotopic (exact) mass is 247 g/mol. The summed E-state index contributed by atoms with van der Waals surface area (Å²) >= 11 is 0. The van der Waals surface area contributed by atoms with Gasteiger partial charge in [-0.25, -0.2) is 0 Å². The highest BCUT2D eigenvalue weighted by Crippen LogP contribution is 2.33. The highest BCUT2D eigenvalue weighted by atomic mass is 14.7. The predicted octanol–water partition coefficient (Wildman–Crippen LogP) is 5.02. The molecule has 0 aromatic rings. The molecule has 0 aromatic heterocycles. The first-order valence-corrected chi connectivity index (χ1v) is 7.93. The fraction of sp³-hybridized carbons (Fsp3) is 0.824. The molecule has 0 heterocycles. The first-order valence-electron chi connectivity index (χ1n) is 7.93. The molecule has 0 aromatic carbocycles. The lowest BCUT2D eigenvalue weighted by Gasteiger charge is -2.28. The van der Waals surface area contributed by atoms with Crippen LogP contribution in [-0.2, 0) is 0 Å². The van der Waals surface area contributed by atoms with Gasteiger partial charge in [0, 0.05) is 12.3 Å². The summed E-state index contributed by atoms with van der Waals surface area (Å²) in [6, 6.07) is 0. The van der Waals surface area contributed by atoms with Crippen molar-refractivity contribution < 1.29 is 0 Å². The van der Waals surface area contributed by atoms with Gasteiger partial charge in [0.05, 0.1) is 0 Å². The zero-order valence-corrected chi connectivity index (χ0v) is 12.0. The molecule has 0 N–H and O–H groups in total. The summed E-state index contributed by atoms with van der Waals surface area (Å²) in [4.78, 5) is 4.95. The zero-order chi connectivity index (χ0) is 12.8. The van der Waals surface area contributed by atoms with Crippen LogP contribution in [0.3, 0.4) is 0 Å². The van der Waals surface area contributed by atoms with Crippen molar-refractivity contribution in [2.75, 3.05) is 6.54 Å². The second-order valence-corrected chi connectivity index (χ2v) is 6.40. The number of allylic oxidation sites excluding steroid dienone is 1. The molecule has 1 heteroatoms. The van der Waals surface area contributed by atoms with Crippen LogP contribution in [0.15, 0.2) is 17.6 Å². The minimum absolute atomic E-state index is 0.774. The minimum Gasteiger partial charge on any atom is -0.294 e. The van der Waals surface area contributed by atoms with Crippen LogP contribution in [0.2, 0.25) is 0 Å². The van der Waals surface area contributed by atoms with Crippen LogP contribution in [-0.4, -0.2) is 12.3 Å². The van der Waals surface area contributed by atoms with Gasteiger partial charge in [0.2, 0.25) is 0 Å². The van der Waals surface area contributed by atoms with Crippen LogP contribution >= 0.6 is 0 Å². The van der Waals surface area contributed by atoms with Gasteiger partial charge in [0.15, 0.2) is 0 Å². The van der Waals surface area contributed by atoms with Crippen LogP contribution < -0.4 is 0 Å². The van der Waals surface area contributed by atoms with E-state index in [0.717, 1.165) is 30.7 Å². The third-order valence-electron chi connectivity index (χ3n) is 4.59. The Kier molecular flexibility index (Phi) is 5.46. The molecular weight excluding hydrogens is 218 g/mol. The average molecular weight is 247 g/mol. The van der Waals surface area contributed by atoms with Crippen molar-refractivity contribution in [3.63, 3.8) is 0 Å². The molecule has 0 bridgehead atoms. The Labute approximate surface area is 113 Å². The zero-order valence-electron chi connectivity index (χ0n) is 12.0. The topological polar surface area (TPSA) is 12.4 Å². The first kappa shape index (κ1) is 13.8. The maximum Gasteiger partial charge on any atom is 0.0391 e. The summed E-state index contributed by atoms with van der Waals surface area (Å²) in [6.45, 7) is 7.28. The van der Waals surface area contributed by atoms with E-state index in [9.17, 15) is 0 Å². The Morgan fingerprint density at radius 3 is 2.67 bits per heavy atom. The molecule has 0 saturated heterocycles. The maximum absolute atomic E-state index is 4.95. The lowest BCUT2D eigenvalue weighted by Crippen LogP contribution is -2.23. The lowest BCUT2D eigenvalue weighted by atomic mass is 9.79. The smallest absolute Gasteiger partial charge is 0.0391 e. The third-order valence-corrected chi connectivity index (χ3v) is 4.59. The van der Waals surface area contributed by atoms with Gasteiger partial charge in [0.1, 0.15) is 0 Å². The number of hydrogen-bond acceptors (Lipinski definition) is 1. The third kappa shape index (κ3) is 4.59. The van der Waals surface area contributed by atoms with Crippen molar-refractivity contribution in [1.82, 2.24) is 0 Å². The molecule has 0 spiro atoms. The Bertz CT molecular complexity index is 284. The second kappa shape index (κ2) is 7.11. The normalized spacial score (nSPS) is 22.6. The van der Waals surface area contributed by atoms with Crippen LogP contribution in [0.1, 0.15) is 64.7 Å². The highest BCUT2D eigenvalue weighted by Gasteiger charge is 2.24. The van der Waals surface area contributed by atoms with Gasteiger partial charge in [-0.1, -0.05) is 32.3 Å². The van der Waals surface area contributed by atoms with Gasteiger partial charge in [0.25, 0.3) is 0 Å². The van der Waals surface area contributed by atoms with Crippen LogP contribution in [0, 0.1) is 17.8 Å². The standard InChI is InChI=1S/C17H29N/c1-3-5-14(2)8-11-17(16-6-4-7-16)18-13-12-15-9-10-15/h3,14-16H,1,4-13H2,2H3. The van der Waals surface area contributed by atoms with Gasteiger partial charge in [-0.2, -0.15) is 0 Å². The molecule has 0 radical (unpaired) electrons. The molecule has 1 atom stereocenters. The van der Waals surface area contributed by atoms with Gasteiger partial charge < -0.3 is 0 Å². The van der Waals surface area contributed by atoms with Crippen molar-refractivity contribution in [3.05, 3.63) is 12.7 Å². The molecule has 0 aliphatic heterocycles. The van der Waals surface area contributed by atoms with E-state index in [2.05, 4.69) is 19.6 Å². The summed E-state index contributed by atoms with van der Waals surface area (Å²) in [5.74, 6) is 2.65. The summed E-state index contributed by atoms with van der Waals surface area (Å²) in [7, 11) is 0. The van der Waals surface area contributed by atoms with E-state index in [1.165, 1.54) is 51.4 Å². The van der Waals surface area contributed by atoms with Crippen LogP contribution in [0.5, 0.6) is 0 Å². The van der Waals surface area contributed by atoms with Gasteiger partial charge in [-0.3, -0.25) is 4.99 Å². The molecule has 2 saturated carbocycles. The second-order valence-electron chi connectivity index (χ2n) is 6.40. The van der Waals surface area contributed by atoms with E-state index >= 15 is 0 Å². The summed E-state index contributed by atoms with van der Waals surface area (Å²) in [5, 5.41) is 0. The predicted molar refractivity (Wildman–Crippen MR) is 80.2 cm³/mol. The lowest BCUT2D eigenvalue weighted by molar-refractivity contribution is 0.402. The van der Waals surface area contributed by atoms with Crippen molar-refractivity contribution in [3.8, 4) is 0 Å². The van der Waals surface area contributed by atoms with Crippen molar-refractivity contribution in [2.45, 2.75) is 64.7 Å². The number of nitrogens with zero attached hydrogens (tertiary/aromatic N) is 1. The Balaban J connectivity index is 1.73. The number of rotatable bonds is 9. The molecular formula is C17H29N. The molecule has 18 heavy (non-hydrogen) atoms. The average Bonchev–Trinajstić information content (AvgIpc) is 3.07. The van der Waals surface area contributed by atoms with E-state index in [4.69, 9.17) is 4.99 Å². The quantitative estimate of drug-likeness (QED) is 0.401. The largest absolute Gasteiger partial charge is 0.294 e. The van der Waals surface area contributed by atoms with Crippen LogP contribution in [0.25, 0.3) is 0 Å². The van der Waals surface area contributed by atoms with Gasteiger partial charge in [-0.15, -0.1) is 6.58 Å². The first-order chi connectivity index (χ1) is 8.79. The Hall–Kier alpha value is -0.590. The highest BCUT2D eigenvalue weighted by molar-refractivity contribution is 5.87. The van der Waals surface area contributed by atoms with Gasteiger partial charge in [-0.05, 0) is 56.3 Å². The maximum atomic E-state index is 4.95. The molecule has 2 fully saturated rings. The Morgan fingerprint density at radius 2 is 2.11 bits per heavy atom. The summed E-state index contributed by atoms with van der Waals surface area (Å²) in [6.07, 6.45) is 14.2. The van der Waals surface area contributed by atoms with E-state index in [-0.39, 0.29) is 0 Å². The Morgan fingerprint density at radius 1 is 1.33 bits per heavy atom. The van der Waals surface area contributed by atoms with Crippen LogP contribution in [0.4, 0.5) is 0 Å². The fourth-order valence-electron chi connectivity index (χ4n) is 2.75. The van der Waals surface area contributed by atoms with E-state index in [1.807, 2.05) is 0 Å². The molecule has 102 valence electrons. The fourth-order valence-corrected chi connectivity index (χ4v) is 2.75. The number of aliphatic imine (C=N–C) groups is 1. The van der Waals surface area contributed by atoms with E-state index in [1.54, 1.807) is 5.71 Å². The van der Waals surface area contributed by atoms with E-state index < -0.39 is 0 Å². The van der Waals surface area contributed by atoms with Crippen molar-refractivity contribution in [1.29, 1.82) is 0 Å². The summed E-state index contributed by atoms with van der Waals surface area (Å²) < 4.78 is 0. The molecule has 1 nitrogen and oxygen atoms in total. The molecule has 2 rings (SSSR count). The molecule has 2 aliphatic rings. The molecule has 1 unspecified atom stereocenters. The minimum atomic E-state index is 0.774. The van der Waals surface area contributed by atoms with Crippen molar-refractivity contribution >= 4 is 5.71 Å². The van der Waals surface area contributed by atoms with Crippen molar-refractivity contribution in [2.24, 2.45) is 22.7 Å². The molecule has 0 amide bonds. The van der Waals surface area contributed by atoms with Gasteiger partial charge >= 0.3 is 0 Å². The molecule has 2 aliphatic carbocycles. The summed E-state index contributed by atoms with van der Waals surface area (Å²) in [5.41, 5.74) is 1.55. The SMILES string of the molecule is C=CCC(C)CCC(=NCCC1CC1)C1CCC1. The van der Waals surface area contributed by atoms with E-state index in [0.29, 0.717) is 0 Å².